The molecule has 0 radical (unpaired) electrons. The Morgan fingerprint density at radius 3 is 2.93 bits per heavy atom. The van der Waals surface area contributed by atoms with E-state index < -0.39 is 0 Å². The Bertz CT molecular complexity index is 389. The fourth-order valence-electron chi connectivity index (χ4n) is 0.897. The van der Waals surface area contributed by atoms with Crippen molar-refractivity contribution < 1.29 is 5.11 Å². The van der Waals surface area contributed by atoms with Crippen LogP contribution in [0.3, 0.4) is 0 Å². The number of aromatic amines is 1. The number of halogens is 1. The molecule has 1 rings (SSSR count). The Kier molecular flexibility index (Phi) is 3.87. The van der Waals surface area contributed by atoms with Gasteiger partial charge in [-0.05, 0) is 15.9 Å². The number of aliphatic hydroxyl groups excluding tert-OH is 1. The van der Waals surface area contributed by atoms with Crippen molar-refractivity contribution >= 4 is 21.6 Å². The second kappa shape index (κ2) is 4.76. The van der Waals surface area contributed by atoms with Crippen LogP contribution in [0.2, 0.25) is 0 Å². The lowest BCUT2D eigenvalue weighted by Crippen LogP contribution is -2.27. The molecule has 0 saturated carbocycles. The fourth-order valence-corrected chi connectivity index (χ4v) is 1.23. The molecule has 0 aliphatic rings. The number of nitrogens with zero attached hydrogens (tertiary/aromatic N) is 1. The van der Waals surface area contributed by atoms with E-state index in [9.17, 15) is 4.79 Å². The Morgan fingerprint density at radius 1 is 1.67 bits per heavy atom. The van der Waals surface area contributed by atoms with Crippen LogP contribution in [0.5, 0.6) is 0 Å². The first-order valence-corrected chi connectivity index (χ1v) is 5.33. The van der Waals surface area contributed by atoms with E-state index in [4.69, 9.17) is 5.11 Å². The van der Waals surface area contributed by atoms with Gasteiger partial charge in [-0.3, -0.25) is 4.79 Å². The summed E-state index contributed by atoms with van der Waals surface area (Å²) in [4.78, 5) is 11.2. The maximum Gasteiger partial charge on any atom is 0.280 e. The first-order chi connectivity index (χ1) is 6.96. The molecule has 15 heavy (non-hydrogen) atoms. The molecule has 1 aromatic heterocycles. The molecule has 0 amide bonds. The molecule has 0 aliphatic heterocycles. The van der Waals surface area contributed by atoms with E-state index in [1.807, 2.05) is 13.8 Å². The van der Waals surface area contributed by atoms with Crippen LogP contribution in [0, 0.1) is 5.41 Å². The minimum absolute atomic E-state index is 0.0776. The van der Waals surface area contributed by atoms with Crippen molar-refractivity contribution in [2.24, 2.45) is 5.41 Å². The Labute approximate surface area is 96.0 Å². The van der Waals surface area contributed by atoms with E-state index in [-0.39, 0.29) is 17.6 Å². The molecular weight excluding hydrogens is 262 g/mol. The predicted octanol–water partition coefficient (Wildman–Crippen LogP) is 0.963. The minimum Gasteiger partial charge on any atom is -0.396 e. The van der Waals surface area contributed by atoms with E-state index in [1.165, 1.54) is 6.20 Å². The molecule has 0 fully saturated rings. The molecule has 0 aliphatic carbocycles. The Hall–Kier alpha value is -0.880. The van der Waals surface area contributed by atoms with Crippen LogP contribution in [0.15, 0.2) is 15.5 Å². The number of anilines is 1. The smallest absolute Gasteiger partial charge is 0.280 e. The normalized spacial score (nSPS) is 11.5. The van der Waals surface area contributed by atoms with Gasteiger partial charge >= 0.3 is 0 Å². The third-order valence-electron chi connectivity index (χ3n) is 1.98. The Morgan fingerprint density at radius 2 is 2.33 bits per heavy atom. The van der Waals surface area contributed by atoms with Crippen LogP contribution >= 0.6 is 15.9 Å². The quantitative estimate of drug-likeness (QED) is 0.765. The number of aliphatic hydroxyl groups is 1. The first-order valence-electron chi connectivity index (χ1n) is 4.54. The van der Waals surface area contributed by atoms with Gasteiger partial charge in [-0.25, -0.2) is 5.10 Å². The summed E-state index contributed by atoms with van der Waals surface area (Å²) in [7, 11) is 0. The molecule has 0 aromatic carbocycles. The number of aromatic nitrogens is 2. The van der Waals surface area contributed by atoms with Crippen LogP contribution in [0.4, 0.5) is 5.69 Å². The monoisotopic (exact) mass is 275 g/mol. The van der Waals surface area contributed by atoms with Crippen LogP contribution in [-0.4, -0.2) is 28.5 Å². The summed E-state index contributed by atoms with van der Waals surface area (Å²) in [6.45, 7) is 4.49. The standard InChI is InChI=1S/C9H14BrN3O2/c1-9(2,5-14)4-11-6-3-12-13-8(15)7(6)10/h3,14H,4-5H2,1-2H3,(H2,11,13,15). The summed E-state index contributed by atoms with van der Waals surface area (Å²) >= 11 is 3.16. The lowest BCUT2D eigenvalue weighted by Gasteiger charge is -2.22. The van der Waals surface area contributed by atoms with Crippen LogP contribution < -0.4 is 10.9 Å². The van der Waals surface area contributed by atoms with Crippen molar-refractivity contribution in [3.63, 3.8) is 0 Å². The number of hydrogen-bond donors (Lipinski definition) is 3. The van der Waals surface area contributed by atoms with Gasteiger partial charge in [0, 0.05) is 18.6 Å². The summed E-state index contributed by atoms with van der Waals surface area (Å²) in [5.41, 5.74) is 0.115. The maximum atomic E-state index is 11.2. The molecule has 1 heterocycles. The molecule has 3 N–H and O–H groups in total. The Balaban J connectivity index is 2.74. The SMILES string of the molecule is CC(C)(CO)CNc1cn[nH]c(=O)c1Br. The summed E-state index contributed by atoms with van der Waals surface area (Å²) in [5, 5.41) is 18.1. The maximum absolute atomic E-state index is 11.2. The molecule has 0 bridgehead atoms. The summed E-state index contributed by atoms with van der Waals surface area (Å²) in [6, 6.07) is 0. The van der Waals surface area contributed by atoms with Gasteiger partial charge in [-0.1, -0.05) is 13.8 Å². The molecule has 0 spiro atoms. The van der Waals surface area contributed by atoms with E-state index >= 15 is 0 Å². The summed E-state index contributed by atoms with van der Waals surface area (Å²) in [6.07, 6.45) is 1.53. The fraction of sp³-hybridized carbons (Fsp3) is 0.556. The summed E-state index contributed by atoms with van der Waals surface area (Å²) in [5.74, 6) is 0. The zero-order valence-corrected chi connectivity index (χ0v) is 10.3. The van der Waals surface area contributed by atoms with Gasteiger partial charge < -0.3 is 10.4 Å². The first kappa shape index (κ1) is 12.2. The van der Waals surface area contributed by atoms with Gasteiger partial charge in [0.05, 0.1) is 11.9 Å². The highest BCUT2D eigenvalue weighted by atomic mass is 79.9. The molecule has 84 valence electrons. The predicted molar refractivity (Wildman–Crippen MR) is 61.9 cm³/mol. The highest BCUT2D eigenvalue weighted by molar-refractivity contribution is 9.10. The van der Waals surface area contributed by atoms with Gasteiger partial charge in [0.15, 0.2) is 0 Å². The zero-order chi connectivity index (χ0) is 11.5. The number of H-pyrrole nitrogens is 1. The van der Waals surface area contributed by atoms with Crippen LogP contribution in [0.1, 0.15) is 13.8 Å². The average molecular weight is 276 g/mol. The number of hydrogen-bond acceptors (Lipinski definition) is 4. The zero-order valence-electron chi connectivity index (χ0n) is 8.67. The molecule has 6 heteroatoms. The second-order valence-electron chi connectivity index (χ2n) is 4.10. The highest BCUT2D eigenvalue weighted by Crippen LogP contribution is 2.19. The molecular formula is C9H14BrN3O2. The van der Waals surface area contributed by atoms with E-state index in [1.54, 1.807) is 0 Å². The van der Waals surface area contributed by atoms with E-state index in [0.717, 1.165) is 0 Å². The van der Waals surface area contributed by atoms with Crippen molar-refractivity contribution in [2.75, 3.05) is 18.5 Å². The van der Waals surface area contributed by atoms with Crippen LogP contribution in [0.25, 0.3) is 0 Å². The largest absolute Gasteiger partial charge is 0.396 e. The minimum atomic E-state index is -0.276. The van der Waals surface area contributed by atoms with Gasteiger partial charge in [0.2, 0.25) is 0 Å². The molecule has 0 saturated heterocycles. The number of nitrogens with one attached hydrogen (secondary N) is 2. The lowest BCUT2D eigenvalue weighted by atomic mass is 9.95. The molecule has 0 atom stereocenters. The van der Waals surface area contributed by atoms with Crippen LogP contribution in [-0.2, 0) is 0 Å². The van der Waals surface area contributed by atoms with Crippen molar-refractivity contribution in [1.29, 1.82) is 0 Å². The van der Waals surface area contributed by atoms with Gasteiger partial charge in [-0.2, -0.15) is 5.10 Å². The molecule has 5 nitrogen and oxygen atoms in total. The topological polar surface area (TPSA) is 78.0 Å². The van der Waals surface area contributed by atoms with Gasteiger partial charge in [0.25, 0.3) is 5.56 Å². The van der Waals surface area contributed by atoms with E-state index in [2.05, 4.69) is 31.4 Å². The molecule has 0 unspecified atom stereocenters. The molecule has 1 aromatic rings. The van der Waals surface area contributed by atoms with Crippen molar-refractivity contribution in [3.05, 3.63) is 21.0 Å². The average Bonchev–Trinajstić information content (AvgIpc) is 2.20. The third kappa shape index (κ3) is 3.32. The van der Waals surface area contributed by atoms with Crippen molar-refractivity contribution in [2.45, 2.75) is 13.8 Å². The van der Waals surface area contributed by atoms with Gasteiger partial charge in [-0.15, -0.1) is 0 Å². The van der Waals surface area contributed by atoms with Crippen molar-refractivity contribution in [3.8, 4) is 0 Å². The summed E-state index contributed by atoms with van der Waals surface area (Å²) < 4.78 is 0.422. The van der Waals surface area contributed by atoms with Crippen molar-refractivity contribution in [1.82, 2.24) is 10.2 Å². The highest BCUT2D eigenvalue weighted by Gasteiger charge is 2.16. The third-order valence-corrected chi connectivity index (χ3v) is 2.77. The van der Waals surface area contributed by atoms with Gasteiger partial charge in [0.1, 0.15) is 4.47 Å². The lowest BCUT2D eigenvalue weighted by molar-refractivity contribution is 0.171. The van der Waals surface area contributed by atoms with E-state index in [0.29, 0.717) is 16.7 Å². The number of rotatable bonds is 4. The second-order valence-corrected chi connectivity index (χ2v) is 4.90.